The first-order valence-corrected chi connectivity index (χ1v) is 15.0. The number of nitrogens with zero attached hydrogens (tertiary/aromatic N) is 2. The molecular weight excluding hydrogens is 566 g/mol. The van der Waals surface area contributed by atoms with Crippen molar-refractivity contribution in [1.82, 2.24) is 10.2 Å². The summed E-state index contributed by atoms with van der Waals surface area (Å²) in [6.45, 7) is 4.88. The van der Waals surface area contributed by atoms with Crippen LogP contribution in [-0.4, -0.2) is 58.0 Å². The number of carbonyl (C=O) groups is 2. The Hall–Kier alpha value is -3.76. The van der Waals surface area contributed by atoms with E-state index in [4.69, 9.17) is 21.1 Å². The maximum absolute atomic E-state index is 14.1. The molecule has 11 heteroatoms. The molecule has 1 unspecified atom stereocenters. The summed E-state index contributed by atoms with van der Waals surface area (Å²) >= 11 is 6.43. The fourth-order valence-electron chi connectivity index (χ4n) is 4.34. The zero-order valence-electron chi connectivity index (χ0n) is 23.8. The van der Waals surface area contributed by atoms with E-state index in [0.29, 0.717) is 28.5 Å². The van der Waals surface area contributed by atoms with Crippen molar-refractivity contribution in [3.8, 4) is 11.5 Å². The van der Waals surface area contributed by atoms with Gasteiger partial charge in [0.2, 0.25) is 11.8 Å². The normalized spacial score (nSPS) is 12.0. The molecule has 0 aromatic heterocycles. The van der Waals surface area contributed by atoms with Gasteiger partial charge < -0.3 is 19.7 Å². The van der Waals surface area contributed by atoms with Gasteiger partial charge in [0.05, 0.1) is 24.8 Å². The maximum atomic E-state index is 14.1. The third kappa shape index (κ3) is 7.71. The lowest BCUT2D eigenvalue weighted by Crippen LogP contribution is -2.53. The number of hydrogen-bond donors (Lipinski definition) is 1. The maximum Gasteiger partial charge on any atom is 0.264 e. The van der Waals surface area contributed by atoms with E-state index in [1.807, 2.05) is 13.8 Å². The first kappa shape index (κ1) is 31.8. The van der Waals surface area contributed by atoms with E-state index < -0.39 is 28.5 Å². The molecule has 2 amide bonds. The molecule has 41 heavy (non-hydrogen) atoms. The van der Waals surface area contributed by atoms with Gasteiger partial charge in [-0.25, -0.2) is 8.42 Å². The molecule has 3 rings (SSSR count). The monoisotopic (exact) mass is 601 g/mol. The summed E-state index contributed by atoms with van der Waals surface area (Å²) in [4.78, 5) is 28.7. The minimum Gasteiger partial charge on any atom is -0.493 e. The number of halogens is 1. The number of ether oxygens (including phenoxy) is 2. The molecule has 0 spiro atoms. The fraction of sp³-hybridized carbons (Fsp3) is 0.333. The summed E-state index contributed by atoms with van der Waals surface area (Å²) < 4.78 is 39.7. The summed E-state index contributed by atoms with van der Waals surface area (Å²) in [7, 11) is -1.31. The average molecular weight is 602 g/mol. The number of methoxy groups -OCH3 is 2. The number of amides is 2. The van der Waals surface area contributed by atoms with Crippen LogP contribution in [0, 0.1) is 0 Å². The molecule has 9 nitrogen and oxygen atoms in total. The Bertz CT molecular complexity index is 1450. The van der Waals surface area contributed by atoms with E-state index in [0.717, 1.165) is 4.31 Å². The SMILES string of the molecule is CCC(C(=O)NC(C)C)N(Cc1ccccc1Cl)C(=O)CN(c1ccc(OC)c(OC)c1)S(=O)(=O)c1ccccc1. The second-order valence-electron chi connectivity index (χ2n) is 9.56. The van der Waals surface area contributed by atoms with Gasteiger partial charge in [-0.2, -0.15) is 0 Å². The lowest BCUT2D eigenvalue weighted by atomic mass is 10.1. The number of hydrogen-bond acceptors (Lipinski definition) is 6. The highest BCUT2D eigenvalue weighted by molar-refractivity contribution is 7.92. The minimum absolute atomic E-state index is 0.00447. The van der Waals surface area contributed by atoms with Crippen LogP contribution in [0.5, 0.6) is 11.5 Å². The van der Waals surface area contributed by atoms with Crippen molar-refractivity contribution < 1.29 is 27.5 Å². The Labute approximate surface area is 247 Å². The Morgan fingerprint density at radius 1 is 0.927 bits per heavy atom. The van der Waals surface area contributed by atoms with Gasteiger partial charge in [0.25, 0.3) is 10.0 Å². The zero-order chi connectivity index (χ0) is 30.2. The Morgan fingerprint density at radius 2 is 1.56 bits per heavy atom. The summed E-state index contributed by atoms with van der Waals surface area (Å²) in [5.41, 5.74) is 0.819. The number of rotatable bonds is 13. The summed E-state index contributed by atoms with van der Waals surface area (Å²) in [6.07, 6.45) is 0.302. The Kier molecular flexibility index (Phi) is 11.0. The second kappa shape index (κ2) is 14.2. The van der Waals surface area contributed by atoms with Gasteiger partial charge in [0.1, 0.15) is 12.6 Å². The van der Waals surface area contributed by atoms with Crippen LogP contribution < -0.4 is 19.1 Å². The molecule has 220 valence electrons. The second-order valence-corrected chi connectivity index (χ2v) is 11.8. The topological polar surface area (TPSA) is 105 Å². The van der Waals surface area contributed by atoms with Crippen LogP contribution in [0.15, 0.2) is 77.7 Å². The van der Waals surface area contributed by atoms with Gasteiger partial charge in [0.15, 0.2) is 11.5 Å². The molecule has 3 aromatic rings. The molecule has 0 aliphatic carbocycles. The third-order valence-corrected chi connectivity index (χ3v) is 8.54. The molecule has 1 N–H and O–H groups in total. The van der Waals surface area contributed by atoms with Crippen molar-refractivity contribution in [3.63, 3.8) is 0 Å². The van der Waals surface area contributed by atoms with Gasteiger partial charge in [-0.1, -0.05) is 54.9 Å². The van der Waals surface area contributed by atoms with Crippen LogP contribution in [0.3, 0.4) is 0 Å². The summed E-state index contributed by atoms with van der Waals surface area (Å²) in [6, 6.07) is 18.4. The van der Waals surface area contributed by atoms with Crippen LogP contribution in [-0.2, 0) is 26.2 Å². The van der Waals surface area contributed by atoms with Crippen LogP contribution in [0.1, 0.15) is 32.8 Å². The van der Waals surface area contributed by atoms with Crippen molar-refractivity contribution in [2.24, 2.45) is 0 Å². The van der Waals surface area contributed by atoms with Crippen molar-refractivity contribution >= 4 is 39.1 Å². The predicted molar refractivity (Wildman–Crippen MR) is 160 cm³/mol. The molecule has 0 saturated heterocycles. The first-order chi connectivity index (χ1) is 19.5. The molecule has 0 aliphatic rings. The lowest BCUT2D eigenvalue weighted by molar-refractivity contribution is -0.140. The number of carbonyl (C=O) groups excluding carboxylic acids is 2. The van der Waals surface area contributed by atoms with Gasteiger partial charge in [-0.3, -0.25) is 13.9 Å². The van der Waals surface area contributed by atoms with Gasteiger partial charge in [0, 0.05) is 23.7 Å². The standard InChI is InChI=1S/C30H36ClN3O6S/c1-6-26(30(36)32-21(2)3)33(19-22-12-10-11-15-25(22)31)29(35)20-34(41(37,38)24-13-8-7-9-14-24)23-16-17-27(39-4)28(18-23)40-5/h7-18,21,26H,6,19-20H2,1-5H3,(H,32,36). The van der Waals surface area contributed by atoms with Crippen molar-refractivity contribution in [3.05, 3.63) is 83.4 Å². The van der Waals surface area contributed by atoms with E-state index in [2.05, 4.69) is 5.32 Å². The highest BCUT2D eigenvalue weighted by Gasteiger charge is 2.34. The summed E-state index contributed by atoms with van der Waals surface area (Å²) in [5, 5.41) is 3.30. The predicted octanol–water partition coefficient (Wildman–Crippen LogP) is 4.88. The van der Waals surface area contributed by atoms with Crippen molar-refractivity contribution in [2.75, 3.05) is 25.1 Å². The average Bonchev–Trinajstić information content (AvgIpc) is 2.96. The molecule has 0 heterocycles. The molecule has 1 atom stereocenters. The van der Waals surface area contributed by atoms with Crippen LogP contribution in [0.25, 0.3) is 0 Å². The van der Waals surface area contributed by atoms with E-state index in [1.165, 1.54) is 43.4 Å². The smallest absolute Gasteiger partial charge is 0.264 e. The number of benzene rings is 3. The van der Waals surface area contributed by atoms with Gasteiger partial charge in [-0.15, -0.1) is 0 Å². The van der Waals surface area contributed by atoms with E-state index in [1.54, 1.807) is 55.5 Å². The Balaban J connectivity index is 2.12. The lowest BCUT2D eigenvalue weighted by Gasteiger charge is -2.33. The van der Waals surface area contributed by atoms with E-state index in [-0.39, 0.29) is 29.1 Å². The van der Waals surface area contributed by atoms with Crippen molar-refractivity contribution in [2.45, 2.75) is 50.7 Å². The van der Waals surface area contributed by atoms with Crippen LogP contribution in [0.2, 0.25) is 5.02 Å². The molecular formula is C30H36ClN3O6S. The van der Waals surface area contributed by atoms with Crippen molar-refractivity contribution in [1.29, 1.82) is 0 Å². The van der Waals surface area contributed by atoms with Gasteiger partial charge in [-0.05, 0) is 56.2 Å². The van der Waals surface area contributed by atoms with Gasteiger partial charge >= 0.3 is 0 Å². The first-order valence-electron chi connectivity index (χ1n) is 13.2. The quantitative estimate of drug-likeness (QED) is 0.299. The number of anilines is 1. The van der Waals surface area contributed by atoms with Crippen LogP contribution >= 0.6 is 11.6 Å². The van der Waals surface area contributed by atoms with E-state index in [9.17, 15) is 18.0 Å². The highest BCUT2D eigenvalue weighted by Crippen LogP contribution is 2.34. The molecule has 0 aliphatic heterocycles. The molecule has 3 aromatic carbocycles. The molecule has 0 fully saturated rings. The van der Waals surface area contributed by atoms with Crippen LogP contribution in [0.4, 0.5) is 5.69 Å². The largest absolute Gasteiger partial charge is 0.493 e. The third-order valence-electron chi connectivity index (χ3n) is 6.38. The fourth-order valence-corrected chi connectivity index (χ4v) is 5.96. The molecule has 0 radical (unpaired) electrons. The molecule has 0 bridgehead atoms. The minimum atomic E-state index is -4.22. The zero-order valence-corrected chi connectivity index (χ0v) is 25.4. The van der Waals surface area contributed by atoms with E-state index >= 15 is 0 Å². The number of sulfonamides is 1. The Morgan fingerprint density at radius 3 is 2.15 bits per heavy atom. The highest BCUT2D eigenvalue weighted by atomic mass is 35.5. The summed E-state index contributed by atoms with van der Waals surface area (Å²) in [5.74, 6) is -0.228. The number of nitrogens with one attached hydrogen (secondary N) is 1. The molecule has 0 saturated carbocycles.